The van der Waals surface area contributed by atoms with Crippen molar-refractivity contribution < 1.29 is 9.53 Å². The maximum atomic E-state index is 12.1. The molecule has 1 rings (SSSR count). The van der Waals surface area contributed by atoms with E-state index in [1.807, 2.05) is 18.2 Å². The Balaban J connectivity index is 3.01. The molecule has 0 spiro atoms. The maximum Gasteiger partial charge on any atom is 0.415 e. The highest BCUT2D eigenvalue weighted by Gasteiger charge is 2.27. The highest BCUT2D eigenvalue weighted by atomic mass is 16.6. The average Bonchev–Trinajstić information content (AvgIpc) is 2.28. The summed E-state index contributed by atoms with van der Waals surface area (Å²) in [6.07, 6.45) is -0.511. The van der Waals surface area contributed by atoms with Gasteiger partial charge in [0.2, 0.25) is 0 Å². The molecule has 0 N–H and O–H groups in total. The van der Waals surface area contributed by atoms with E-state index in [-0.39, 0.29) is 0 Å². The van der Waals surface area contributed by atoms with Gasteiger partial charge in [-0.25, -0.2) is 4.79 Å². The molecule has 4 nitrogen and oxygen atoms in total. The summed E-state index contributed by atoms with van der Waals surface area (Å²) in [6, 6.07) is 10.5. The number of carbonyl (C=O) groups is 1. The number of para-hydroxylation sites is 1. The molecule has 0 aliphatic heterocycles. The van der Waals surface area contributed by atoms with Gasteiger partial charge in [-0.1, -0.05) is 18.2 Å². The molecule has 0 aromatic heterocycles. The van der Waals surface area contributed by atoms with E-state index in [1.54, 1.807) is 39.8 Å². The van der Waals surface area contributed by atoms with E-state index < -0.39 is 17.7 Å². The number of carbonyl (C=O) groups excluding carboxylic acids is 1. The van der Waals surface area contributed by atoms with Crippen LogP contribution in [0.1, 0.15) is 27.7 Å². The molecule has 96 valence electrons. The van der Waals surface area contributed by atoms with Crippen molar-refractivity contribution >= 4 is 11.8 Å². The second-order valence-corrected chi connectivity index (χ2v) is 4.99. The molecule has 1 atom stereocenters. The van der Waals surface area contributed by atoms with Crippen LogP contribution in [-0.4, -0.2) is 17.7 Å². The number of hydrogen-bond donors (Lipinski definition) is 0. The third-order valence-corrected chi connectivity index (χ3v) is 2.20. The SMILES string of the molecule is CC(C#N)N(C(=O)OC(C)(C)C)c1ccccc1. The van der Waals surface area contributed by atoms with Gasteiger partial charge < -0.3 is 4.74 Å². The Morgan fingerprint density at radius 3 is 2.33 bits per heavy atom. The van der Waals surface area contributed by atoms with Crippen LogP contribution in [0.3, 0.4) is 0 Å². The molecule has 1 unspecified atom stereocenters. The van der Waals surface area contributed by atoms with E-state index in [0.29, 0.717) is 5.69 Å². The lowest BCUT2D eigenvalue weighted by atomic mass is 10.2. The van der Waals surface area contributed by atoms with Crippen LogP contribution in [0.4, 0.5) is 10.5 Å². The van der Waals surface area contributed by atoms with Crippen molar-refractivity contribution in [2.24, 2.45) is 0 Å². The molecule has 1 aromatic rings. The Morgan fingerprint density at radius 1 is 1.33 bits per heavy atom. The standard InChI is InChI=1S/C14H18N2O2/c1-11(10-15)16(12-8-6-5-7-9-12)13(17)18-14(2,3)4/h5-9,11H,1-4H3. The van der Waals surface area contributed by atoms with Gasteiger partial charge in [-0.05, 0) is 39.8 Å². The summed E-state index contributed by atoms with van der Waals surface area (Å²) >= 11 is 0. The molecule has 0 saturated heterocycles. The zero-order valence-electron chi connectivity index (χ0n) is 11.2. The summed E-state index contributed by atoms with van der Waals surface area (Å²) in [4.78, 5) is 13.5. The van der Waals surface area contributed by atoms with Gasteiger partial charge in [0, 0.05) is 5.69 Å². The molecule has 0 heterocycles. The number of amides is 1. The summed E-state index contributed by atoms with van der Waals surface area (Å²) < 4.78 is 5.31. The summed E-state index contributed by atoms with van der Waals surface area (Å²) in [5.41, 5.74) is 0.0695. The summed E-state index contributed by atoms with van der Waals surface area (Å²) in [7, 11) is 0. The quantitative estimate of drug-likeness (QED) is 0.804. The number of nitriles is 1. The highest BCUT2D eigenvalue weighted by Crippen LogP contribution is 2.20. The van der Waals surface area contributed by atoms with Crippen molar-refractivity contribution in [3.8, 4) is 6.07 Å². The average molecular weight is 246 g/mol. The fraction of sp³-hybridized carbons (Fsp3) is 0.429. The van der Waals surface area contributed by atoms with Gasteiger partial charge in [-0.2, -0.15) is 5.26 Å². The van der Waals surface area contributed by atoms with Crippen molar-refractivity contribution in [2.75, 3.05) is 4.90 Å². The second kappa shape index (κ2) is 5.54. The van der Waals surface area contributed by atoms with E-state index in [9.17, 15) is 4.79 Å². The molecule has 18 heavy (non-hydrogen) atoms. The van der Waals surface area contributed by atoms with Crippen LogP contribution in [0.5, 0.6) is 0 Å². The van der Waals surface area contributed by atoms with E-state index in [2.05, 4.69) is 6.07 Å². The zero-order chi connectivity index (χ0) is 13.8. The topological polar surface area (TPSA) is 53.3 Å². The lowest BCUT2D eigenvalue weighted by molar-refractivity contribution is 0.0575. The van der Waals surface area contributed by atoms with E-state index in [0.717, 1.165) is 0 Å². The van der Waals surface area contributed by atoms with Crippen LogP contribution in [0.25, 0.3) is 0 Å². The predicted octanol–water partition coefficient (Wildman–Crippen LogP) is 3.34. The van der Waals surface area contributed by atoms with Crippen molar-refractivity contribution in [3.05, 3.63) is 30.3 Å². The summed E-state index contributed by atoms with van der Waals surface area (Å²) in [5.74, 6) is 0. The smallest absolute Gasteiger partial charge is 0.415 e. The molecule has 0 aliphatic carbocycles. The molecule has 0 bridgehead atoms. The van der Waals surface area contributed by atoms with Gasteiger partial charge in [0.05, 0.1) is 6.07 Å². The normalized spacial score (nSPS) is 12.4. The maximum absolute atomic E-state index is 12.1. The van der Waals surface area contributed by atoms with Gasteiger partial charge >= 0.3 is 6.09 Å². The Kier molecular flexibility index (Phi) is 4.33. The minimum atomic E-state index is -0.584. The summed E-state index contributed by atoms with van der Waals surface area (Å²) in [6.45, 7) is 7.05. The van der Waals surface area contributed by atoms with Crippen LogP contribution >= 0.6 is 0 Å². The van der Waals surface area contributed by atoms with E-state index >= 15 is 0 Å². The fourth-order valence-electron chi connectivity index (χ4n) is 1.44. The Hall–Kier alpha value is -2.02. The Morgan fingerprint density at radius 2 is 1.89 bits per heavy atom. The van der Waals surface area contributed by atoms with Gasteiger partial charge in [0.1, 0.15) is 11.6 Å². The Bertz CT molecular complexity index is 443. The molecule has 1 aromatic carbocycles. The molecular weight excluding hydrogens is 228 g/mol. The third kappa shape index (κ3) is 3.77. The van der Waals surface area contributed by atoms with E-state index in [1.165, 1.54) is 4.90 Å². The number of benzene rings is 1. The van der Waals surface area contributed by atoms with Gasteiger partial charge in [0.15, 0.2) is 0 Å². The molecule has 0 fully saturated rings. The number of anilines is 1. The van der Waals surface area contributed by atoms with Crippen molar-refractivity contribution in [2.45, 2.75) is 39.3 Å². The number of rotatable bonds is 2. The molecular formula is C14H18N2O2. The lowest BCUT2D eigenvalue weighted by Crippen LogP contribution is -2.41. The zero-order valence-corrected chi connectivity index (χ0v) is 11.2. The highest BCUT2D eigenvalue weighted by molar-refractivity contribution is 5.89. The molecule has 0 saturated carbocycles. The fourth-order valence-corrected chi connectivity index (χ4v) is 1.44. The lowest BCUT2D eigenvalue weighted by Gasteiger charge is -2.28. The van der Waals surface area contributed by atoms with Crippen molar-refractivity contribution in [1.29, 1.82) is 5.26 Å². The first-order valence-electron chi connectivity index (χ1n) is 5.82. The Labute approximate surface area is 108 Å². The van der Waals surface area contributed by atoms with Gasteiger partial charge in [-0.3, -0.25) is 4.90 Å². The minimum Gasteiger partial charge on any atom is -0.443 e. The molecule has 0 radical (unpaired) electrons. The predicted molar refractivity (Wildman–Crippen MR) is 70.2 cm³/mol. The van der Waals surface area contributed by atoms with E-state index in [4.69, 9.17) is 10.00 Å². The monoisotopic (exact) mass is 246 g/mol. The molecule has 1 amide bonds. The van der Waals surface area contributed by atoms with Gasteiger partial charge in [0.25, 0.3) is 0 Å². The third-order valence-electron chi connectivity index (χ3n) is 2.20. The van der Waals surface area contributed by atoms with Crippen LogP contribution < -0.4 is 4.90 Å². The minimum absolute atomic E-state index is 0.511. The second-order valence-electron chi connectivity index (χ2n) is 4.99. The number of ether oxygens (including phenoxy) is 1. The van der Waals surface area contributed by atoms with Crippen LogP contribution in [0.15, 0.2) is 30.3 Å². The first-order valence-corrected chi connectivity index (χ1v) is 5.82. The van der Waals surface area contributed by atoms with Crippen LogP contribution in [0, 0.1) is 11.3 Å². The van der Waals surface area contributed by atoms with Crippen molar-refractivity contribution in [3.63, 3.8) is 0 Å². The molecule has 0 aliphatic rings. The first kappa shape index (κ1) is 14.0. The molecule has 4 heteroatoms. The van der Waals surface area contributed by atoms with Crippen LogP contribution in [-0.2, 0) is 4.74 Å². The first-order chi connectivity index (χ1) is 8.35. The largest absolute Gasteiger partial charge is 0.443 e. The number of nitrogens with zero attached hydrogens (tertiary/aromatic N) is 2. The summed E-state index contributed by atoms with van der Waals surface area (Å²) in [5, 5.41) is 9.01. The van der Waals surface area contributed by atoms with Crippen LogP contribution in [0.2, 0.25) is 0 Å². The van der Waals surface area contributed by atoms with Crippen molar-refractivity contribution in [1.82, 2.24) is 0 Å². The van der Waals surface area contributed by atoms with Gasteiger partial charge in [-0.15, -0.1) is 0 Å². The number of hydrogen-bond acceptors (Lipinski definition) is 3.